The standard InChI is InChI=1S/C13H13N5O2S/c1-3-20-8-4-5-9-10(6-8)21-13(15-9)16-12(19)11-14-7(2)17-18-11/h4-6H,3H2,1-2H3,(H,14,17,18)(H,15,16,19). The van der Waals surface area contributed by atoms with Gasteiger partial charge in [-0.15, -0.1) is 5.10 Å². The van der Waals surface area contributed by atoms with Gasteiger partial charge in [0.05, 0.1) is 16.8 Å². The van der Waals surface area contributed by atoms with Gasteiger partial charge >= 0.3 is 0 Å². The van der Waals surface area contributed by atoms with Gasteiger partial charge in [-0.2, -0.15) is 0 Å². The van der Waals surface area contributed by atoms with Crippen molar-refractivity contribution in [2.24, 2.45) is 0 Å². The number of hydrogen-bond donors (Lipinski definition) is 2. The van der Waals surface area contributed by atoms with E-state index in [0.29, 0.717) is 17.6 Å². The van der Waals surface area contributed by atoms with Crippen LogP contribution in [0.15, 0.2) is 18.2 Å². The van der Waals surface area contributed by atoms with Crippen LogP contribution in [0, 0.1) is 6.92 Å². The van der Waals surface area contributed by atoms with Crippen molar-refractivity contribution in [3.8, 4) is 5.75 Å². The molecule has 7 nitrogen and oxygen atoms in total. The van der Waals surface area contributed by atoms with Gasteiger partial charge in [-0.05, 0) is 32.0 Å². The lowest BCUT2D eigenvalue weighted by Crippen LogP contribution is -2.13. The molecule has 0 atom stereocenters. The summed E-state index contributed by atoms with van der Waals surface area (Å²) in [5.41, 5.74) is 0.810. The van der Waals surface area contributed by atoms with Crippen molar-refractivity contribution >= 4 is 32.6 Å². The summed E-state index contributed by atoms with van der Waals surface area (Å²) in [7, 11) is 0. The first-order valence-electron chi connectivity index (χ1n) is 6.39. The summed E-state index contributed by atoms with van der Waals surface area (Å²) in [5, 5.41) is 9.64. The molecule has 2 heterocycles. The monoisotopic (exact) mass is 303 g/mol. The topological polar surface area (TPSA) is 92.8 Å². The molecule has 3 rings (SSSR count). The maximum atomic E-state index is 12.0. The highest BCUT2D eigenvalue weighted by molar-refractivity contribution is 7.22. The lowest BCUT2D eigenvalue weighted by Gasteiger charge is -2.00. The highest BCUT2D eigenvalue weighted by Crippen LogP contribution is 2.29. The number of anilines is 1. The predicted octanol–water partition coefficient (Wildman–Crippen LogP) is 2.37. The van der Waals surface area contributed by atoms with E-state index in [-0.39, 0.29) is 11.7 Å². The highest BCUT2D eigenvalue weighted by atomic mass is 32.1. The summed E-state index contributed by atoms with van der Waals surface area (Å²) < 4.78 is 6.39. The lowest BCUT2D eigenvalue weighted by atomic mass is 10.3. The summed E-state index contributed by atoms with van der Waals surface area (Å²) in [6.07, 6.45) is 0. The first kappa shape index (κ1) is 13.5. The molecule has 0 unspecified atom stereocenters. The van der Waals surface area contributed by atoms with Crippen LogP contribution in [0.2, 0.25) is 0 Å². The van der Waals surface area contributed by atoms with E-state index < -0.39 is 0 Å². The van der Waals surface area contributed by atoms with Crippen LogP contribution < -0.4 is 10.1 Å². The molecule has 1 aromatic carbocycles. The van der Waals surface area contributed by atoms with E-state index in [1.165, 1.54) is 11.3 Å². The van der Waals surface area contributed by atoms with Crippen molar-refractivity contribution < 1.29 is 9.53 Å². The number of nitrogens with one attached hydrogen (secondary N) is 2. The number of thiazole rings is 1. The molecule has 0 bridgehead atoms. The van der Waals surface area contributed by atoms with Gasteiger partial charge in [-0.1, -0.05) is 11.3 Å². The van der Waals surface area contributed by atoms with Crippen molar-refractivity contribution in [2.75, 3.05) is 11.9 Å². The van der Waals surface area contributed by atoms with Crippen LogP contribution in [0.5, 0.6) is 5.75 Å². The van der Waals surface area contributed by atoms with Gasteiger partial charge in [0.1, 0.15) is 11.6 Å². The van der Waals surface area contributed by atoms with Crippen LogP contribution in [0.4, 0.5) is 5.13 Å². The molecule has 0 radical (unpaired) electrons. The minimum Gasteiger partial charge on any atom is -0.494 e. The van der Waals surface area contributed by atoms with Gasteiger partial charge in [0, 0.05) is 0 Å². The first-order chi connectivity index (χ1) is 10.2. The van der Waals surface area contributed by atoms with Crippen molar-refractivity contribution in [3.63, 3.8) is 0 Å². The molecule has 0 aliphatic rings. The Morgan fingerprint density at radius 2 is 2.29 bits per heavy atom. The molecule has 2 aromatic heterocycles. The number of carbonyl (C=O) groups is 1. The fourth-order valence-corrected chi connectivity index (χ4v) is 2.70. The molecule has 2 N–H and O–H groups in total. The number of aryl methyl sites for hydroxylation is 1. The van der Waals surface area contributed by atoms with Crippen LogP contribution in [0.25, 0.3) is 10.2 Å². The van der Waals surface area contributed by atoms with E-state index in [1.54, 1.807) is 6.92 Å². The summed E-state index contributed by atoms with van der Waals surface area (Å²) in [5.74, 6) is 1.09. The molecule has 0 aliphatic heterocycles. The molecule has 0 aliphatic carbocycles. The van der Waals surface area contributed by atoms with Crippen molar-refractivity contribution in [1.82, 2.24) is 20.2 Å². The number of benzene rings is 1. The van der Waals surface area contributed by atoms with Gasteiger partial charge in [0.2, 0.25) is 5.82 Å². The molecular weight excluding hydrogens is 290 g/mol. The normalized spacial score (nSPS) is 10.8. The van der Waals surface area contributed by atoms with E-state index in [0.717, 1.165) is 16.0 Å². The first-order valence-corrected chi connectivity index (χ1v) is 7.21. The van der Waals surface area contributed by atoms with Gasteiger partial charge in [-0.25, -0.2) is 9.97 Å². The molecule has 0 spiro atoms. The third-order valence-electron chi connectivity index (χ3n) is 2.69. The second kappa shape index (κ2) is 5.49. The van der Waals surface area contributed by atoms with E-state index in [2.05, 4.69) is 25.5 Å². The molecule has 0 saturated heterocycles. The van der Waals surface area contributed by atoms with Crippen LogP contribution >= 0.6 is 11.3 Å². The minimum absolute atomic E-state index is 0.0989. The fourth-order valence-electron chi connectivity index (χ4n) is 1.81. The Kier molecular flexibility index (Phi) is 3.53. The van der Waals surface area contributed by atoms with Gasteiger partial charge < -0.3 is 4.74 Å². The molecule has 3 aromatic rings. The SMILES string of the molecule is CCOc1ccc2nc(NC(=O)c3n[nH]c(C)n3)sc2c1. The Bertz CT molecular complexity index is 795. The number of aromatic amines is 1. The second-order valence-corrected chi connectivity index (χ2v) is 5.31. The van der Waals surface area contributed by atoms with E-state index >= 15 is 0 Å². The third kappa shape index (κ3) is 2.84. The highest BCUT2D eigenvalue weighted by Gasteiger charge is 2.14. The number of hydrogen-bond acceptors (Lipinski definition) is 6. The van der Waals surface area contributed by atoms with E-state index in [4.69, 9.17) is 4.74 Å². The lowest BCUT2D eigenvalue weighted by molar-refractivity contribution is 0.101. The number of H-pyrrole nitrogens is 1. The smallest absolute Gasteiger partial charge is 0.297 e. The number of fused-ring (bicyclic) bond motifs is 1. The number of carbonyl (C=O) groups excluding carboxylic acids is 1. The Balaban J connectivity index is 1.82. The van der Waals surface area contributed by atoms with Crippen LogP contribution in [-0.4, -0.2) is 32.7 Å². The zero-order chi connectivity index (χ0) is 14.8. The maximum absolute atomic E-state index is 12.0. The number of amides is 1. The molecule has 21 heavy (non-hydrogen) atoms. The summed E-state index contributed by atoms with van der Waals surface area (Å²) >= 11 is 1.38. The average molecular weight is 303 g/mol. The average Bonchev–Trinajstić information content (AvgIpc) is 3.04. The van der Waals surface area contributed by atoms with Crippen LogP contribution in [0.3, 0.4) is 0 Å². The Labute approximate surface area is 124 Å². The summed E-state index contributed by atoms with van der Waals surface area (Å²) in [6.45, 7) is 4.27. The van der Waals surface area contributed by atoms with Gasteiger partial charge in [-0.3, -0.25) is 15.2 Å². The quantitative estimate of drug-likeness (QED) is 0.772. The van der Waals surface area contributed by atoms with Gasteiger partial charge in [0.25, 0.3) is 5.91 Å². The molecule has 0 saturated carbocycles. The molecule has 8 heteroatoms. The molecule has 108 valence electrons. The number of aromatic nitrogens is 4. The zero-order valence-corrected chi connectivity index (χ0v) is 12.3. The molecular formula is C13H13N5O2S. The van der Waals surface area contributed by atoms with Crippen LogP contribution in [-0.2, 0) is 0 Å². The summed E-state index contributed by atoms with van der Waals surface area (Å²) in [6, 6.07) is 5.63. The Morgan fingerprint density at radius 3 is 3.00 bits per heavy atom. The zero-order valence-electron chi connectivity index (χ0n) is 11.5. The largest absolute Gasteiger partial charge is 0.494 e. The molecule has 1 amide bonds. The fraction of sp³-hybridized carbons (Fsp3) is 0.231. The van der Waals surface area contributed by atoms with E-state index in [9.17, 15) is 4.79 Å². The van der Waals surface area contributed by atoms with E-state index in [1.807, 2.05) is 25.1 Å². The number of rotatable bonds is 4. The Hall–Kier alpha value is -2.48. The predicted molar refractivity (Wildman–Crippen MR) is 79.9 cm³/mol. The maximum Gasteiger partial charge on any atom is 0.297 e. The number of nitrogens with zero attached hydrogens (tertiary/aromatic N) is 3. The summed E-state index contributed by atoms with van der Waals surface area (Å²) in [4.78, 5) is 20.3. The minimum atomic E-state index is -0.386. The van der Waals surface area contributed by atoms with Gasteiger partial charge in [0.15, 0.2) is 5.13 Å². The second-order valence-electron chi connectivity index (χ2n) is 4.28. The Morgan fingerprint density at radius 1 is 1.43 bits per heavy atom. The third-order valence-corrected chi connectivity index (χ3v) is 3.63. The van der Waals surface area contributed by atoms with Crippen molar-refractivity contribution in [3.05, 3.63) is 29.8 Å². The van der Waals surface area contributed by atoms with Crippen LogP contribution in [0.1, 0.15) is 23.4 Å². The van der Waals surface area contributed by atoms with Crippen molar-refractivity contribution in [2.45, 2.75) is 13.8 Å². The number of ether oxygens (including phenoxy) is 1. The van der Waals surface area contributed by atoms with Crippen molar-refractivity contribution in [1.29, 1.82) is 0 Å². The molecule has 0 fully saturated rings.